The van der Waals surface area contributed by atoms with E-state index in [4.69, 9.17) is 0 Å². The summed E-state index contributed by atoms with van der Waals surface area (Å²) in [4.78, 5) is 0.723. The molecule has 0 saturated heterocycles. The smallest absolute Gasteiger partial charge is 0.137 e. The predicted octanol–water partition coefficient (Wildman–Crippen LogP) is 4.30. The minimum atomic E-state index is -0.599. The summed E-state index contributed by atoms with van der Waals surface area (Å²) in [5, 5.41) is 9.95. The van der Waals surface area contributed by atoms with Crippen LogP contribution in [0.15, 0.2) is 23.1 Å². The third-order valence-electron chi connectivity index (χ3n) is 3.28. The molecule has 1 aromatic carbocycles. The van der Waals surface area contributed by atoms with Crippen molar-refractivity contribution >= 4 is 11.8 Å². The zero-order chi connectivity index (χ0) is 12.3. The lowest BCUT2D eigenvalue weighted by molar-refractivity contribution is 0.198. The molecule has 0 heterocycles. The summed E-state index contributed by atoms with van der Waals surface area (Å²) in [6.07, 6.45) is 5.65. The Morgan fingerprint density at radius 2 is 2.00 bits per heavy atom. The molecule has 0 unspecified atom stereocenters. The molecule has 1 N–H and O–H groups in total. The summed E-state index contributed by atoms with van der Waals surface area (Å²) in [5.41, 5.74) is 0.649. The summed E-state index contributed by atoms with van der Waals surface area (Å²) in [6, 6.07) is 5.07. The first kappa shape index (κ1) is 12.9. The fourth-order valence-corrected chi connectivity index (χ4v) is 3.48. The molecule has 94 valence electrons. The SMILES string of the molecule is C[C@@H](O)c1ccc(SC2CCCCC2)c(F)c1. The maximum atomic E-state index is 13.8. The van der Waals surface area contributed by atoms with Gasteiger partial charge < -0.3 is 5.11 Å². The molecule has 0 spiro atoms. The fraction of sp³-hybridized carbons (Fsp3) is 0.571. The van der Waals surface area contributed by atoms with E-state index in [9.17, 15) is 9.50 Å². The molecule has 1 saturated carbocycles. The van der Waals surface area contributed by atoms with Crippen LogP contribution in [0.3, 0.4) is 0 Å². The molecule has 1 aromatic rings. The first-order valence-electron chi connectivity index (χ1n) is 6.31. The molecule has 0 aromatic heterocycles. The highest BCUT2D eigenvalue weighted by Gasteiger charge is 2.17. The van der Waals surface area contributed by atoms with Gasteiger partial charge in [0.15, 0.2) is 0 Å². The van der Waals surface area contributed by atoms with Gasteiger partial charge in [0.2, 0.25) is 0 Å². The topological polar surface area (TPSA) is 20.2 Å². The van der Waals surface area contributed by atoms with Crippen molar-refractivity contribution in [3.05, 3.63) is 29.6 Å². The van der Waals surface area contributed by atoms with Gasteiger partial charge in [0, 0.05) is 10.1 Å². The second kappa shape index (κ2) is 5.87. The molecular formula is C14H19FOS. The normalized spacial score (nSPS) is 19.2. The highest BCUT2D eigenvalue weighted by atomic mass is 32.2. The minimum Gasteiger partial charge on any atom is -0.389 e. The number of aliphatic hydroxyl groups excluding tert-OH is 1. The molecule has 1 atom stereocenters. The summed E-state index contributed by atoms with van der Waals surface area (Å²) < 4.78 is 13.8. The van der Waals surface area contributed by atoms with Crippen molar-refractivity contribution in [2.24, 2.45) is 0 Å². The van der Waals surface area contributed by atoms with Crippen molar-refractivity contribution in [3.63, 3.8) is 0 Å². The quantitative estimate of drug-likeness (QED) is 0.867. The number of aliphatic hydroxyl groups is 1. The second-order valence-corrected chi connectivity index (χ2v) is 6.09. The van der Waals surface area contributed by atoms with Crippen molar-refractivity contribution < 1.29 is 9.50 Å². The van der Waals surface area contributed by atoms with Crippen LogP contribution in [0.2, 0.25) is 0 Å². The van der Waals surface area contributed by atoms with Crippen LogP contribution in [0.4, 0.5) is 4.39 Å². The molecule has 3 heteroatoms. The van der Waals surface area contributed by atoms with Gasteiger partial charge in [0.1, 0.15) is 5.82 Å². The molecule has 17 heavy (non-hydrogen) atoms. The molecular weight excluding hydrogens is 235 g/mol. The fourth-order valence-electron chi connectivity index (χ4n) is 2.24. The average molecular weight is 254 g/mol. The average Bonchev–Trinajstić information content (AvgIpc) is 2.33. The van der Waals surface area contributed by atoms with E-state index in [2.05, 4.69) is 0 Å². The maximum Gasteiger partial charge on any atom is 0.137 e. The Hall–Kier alpha value is -0.540. The molecule has 0 amide bonds. The Balaban J connectivity index is 2.05. The zero-order valence-corrected chi connectivity index (χ0v) is 11.0. The van der Waals surface area contributed by atoms with Crippen LogP contribution in [-0.2, 0) is 0 Å². The van der Waals surface area contributed by atoms with E-state index >= 15 is 0 Å². The van der Waals surface area contributed by atoms with Crippen molar-refractivity contribution in [2.75, 3.05) is 0 Å². The van der Waals surface area contributed by atoms with Crippen LogP contribution in [0.25, 0.3) is 0 Å². The number of hydrogen-bond acceptors (Lipinski definition) is 2. The second-order valence-electron chi connectivity index (χ2n) is 4.74. The van der Waals surface area contributed by atoms with Crippen LogP contribution in [0.5, 0.6) is 0 Å². The summed E-state index contributed by atoms with van der Waals surface area (Å²) in [6.45, 7) is 1.66. The number of thioether (sulfide) groups is 1. The molecule has 1 fully saturated rings. The van der Waals surface area contributed by atoms with Crippen molar-refractivity contribution in [1.29, 1.82) is 0 Å². The van der Waals surface area contributed by atoms with Crippen molar-refractivity contribution in [1.82, 2.24) is 0 Å². The number of rotatable bonds is 3. The van der Waals surface area contributed by atoms with Gasteiger partial charge in [-0.2, -0.15) is 0 Å². The van der Waals surface area contributed by atoms with Crippen LogP contribution in [-0.4, -0.2) is 10.4 Å². The first-order valence-corrected chi connectivity index (χ1v) is 7.19. The predicted molar refractivity (Wildman–Crippen MR) is 69.8 cm³/mol. The largest absolute Gasteiger partial charge is 0.389 e. The van der Waals surface area contributed by atoms with Crippen LogP contribution in [0.1, 0.15) is 50.7 Å². The number of hydrogen-bond donors (Lipinski definition) is 1. The van der Waals surface area contributed by atoms with E-state index in [0.29, 0.717) is 10.8 Å². The summed E-state index contributed by atoms with van der Waals surface area (Å²) in [5.74, 6) is -0.195. The van der Waals surface area contributed by atoms with E-state index < -0.39 is 6.10 Å². The van der Waals surface area contributed by atoms with E-state index in [1.165, 1.54) is 38.2 Å². The van der Waals surface area contributed by atoms with Gasteiger partial charge in [-0.05, 0) is 37.5 Å². The van der Waals surface area contributed by atoms with E-state index in [0.717, 1.165) is 4.90 Å². The molecule has 0 aliphatic heterocycles. The highest BCUT2D eigenvalue weighted by molar-refractivity contribution is 8.00. The van der Waals surface area contributed by atoms with Gasteiger partial charge in [-0.1, -0.05) is 25.3 Å². The van der Waals surface area contributed by atoms with E-state index in [1.807, 2.05) is 6.07 Å². The van der Waals surface area contributed by atoms with Gasteiger partial charge >= 0.3 is 0 Å². The van der Waals surface area contributed by atoms with Crippen LogP contribution < -0.4 is 0 Å². The van der Waals surface area contributed by atoms with Gasteiger partial charge in [0.05, 0.1) is 6.10 Å². The minimum absolute atomic E-state index is 0.195. The summed E-state index contributed by atoms with van der Waals surface area (Å²) >= 11 is 1.65. The monoisotopic (exact) mass is 254 g/mol. The third-order valence-corrected chi connectivity index (χ3v) is 4.67. The molecule has 1 nitrogen and oxygen atoms in total. The van der Waals surface area contributed by atoms with Gasteiger partial charge in [-0.15, -0.1) is 11.8 Å². The molecule has 1 aliphatic rings. The first-order chi connectivity index (χ1) is 8.16. The van der Waals surface area contributed by atoms with E-state index in [-0.39, 0.29) is 5.82 Å². The lowest BCUT2D eigenvalue weighted by Crippen LogP contribution is -2.08. The highest BCUT2D eigenvalue weighted by Crippen LogP contribution is 2.35. The lowest BCUT2D eigenvalue weighted by Gasteiger charge is -2.21. The van der Waals surface area contributed by atoms with Crippen LogP contribution in [0, 0.1) is 5.82 Å². The lowest BCUT2D eigenvalue weighted by atomic mass is 10.0. The summed E-state index contributed by atoms with van der Waals surface area (Å²) in [7, 11) is 0. The number of benzene rings is 1. The Morgan fingerprint density at radius 1 is 1.29 bits per heavy atom. The third kappa shape index (κ3) is 3.46. The number of halogens is 1. The maximum absolute atomic E-state index is 13.8. The Labute approximate surface area is 106 Å². The van der Waals surface area contributed by atoms with Gasteiger partial charge in [-0.3, -0.25) is 0 Å². The Bertz CT molecular complexity index is 372. The van der Waals surface area contributed by atoms with Gasteiger partial charge in [0.25, 0.3) is 0 Å². The standard InChI is InChI=1S/C14H19FOS/c1-10(16)11-7-8-14(13(15)9-11)17-12-5-3-2-4-6-12/h7-10,12,16H,2-6H2,1H3/t10-/m1/s1. The van der Waals surface area contributed by atoms with Crippen molar-refractivity contribution in [3.8, 4) is 0 Å². The Kier molecular flexibility index (Phi) is 4.46. The van der Waals surface area contributed by atoms with Gasteiger partial charge in [-0.25, -0.2) is 4.39 Å². The molecule has 0 radical (unpaired) electrons. The Morgan fingerprint density at radius 3 is 2.59 bits per heavy atom. The molecule has 1 aliphatic carbocycles. The van der Waals surface area contributed by atoms with Crippen LogP contribution >= 0.6 is 11.8 Å². The van der Waals surface area contributed by atoms with Crippen molar-refractivity contribution in [2.45, 2.75) is 55.3 Å². The zero-order valence-electron chi connectivity index (χ0n) is 10.2. The molecule has 2 rings (SSSR count). The molecule has 0 bridgehead atoms. The van der Waals surface area contributed by atoms with E-state index in [1.54, 1.807) is 24.8 Å².